The van der Waals surface area contributed by atoms with Crippen LogP contribution in [0.25, 0.3) is 0 Å². The first-order valence-corrected chi connectivity index (χ1v) is 6.98. The molecule has 0 aliphatic rings. The number of hydrogen-bond acceptors (Lipinski definition) is 3. The largest absolute Gasteiger partial charge is 0.364 e. The first-order valence-electron chi connectivity index (χ1n) is 6.10. The SMILES string of the molecule is CCCCn1nc(NCc2cccs2)cc1C. The predicted molar refractivity (Wildman–Crippen MR) is 73.5 cm³/mol. The average molecular weight is 249 g/mol. The third-order valence-corrected chi connectivity index (χ3v) is 3.60. The van der Waals surface area contributed by atoms with E-state index in [-0.39, 0.29) is 0 Å². The van der Waals surface area contributed by atoms with Gasteiger partial charge in [0.15, 0.2) is 0 Å². The van der Waals surface area contributed by atoms with Gasteiger partial charge in [0.2, 0.25) is 0 Å². The molecule has 0 atom stereocenters. The van der Waals surface area contributed by atoms with Gasteiger partial charge in [-0.25, -0.2) is 0 Å². The van der Waals surface area contributed by atoms with Crippen molar-refractivity contribution < 1.29 is 0 Å². The number of aryl methyl sites for hydroxylation is 2. The van der Waals surface area contributed by atoms with E-state index in [4.69, 9.17) is 0 Å². The van der Waals surface area contributed by atoms with Crippen LogP contribution in [-0.2, 0) is 13.1 Å². The molecule has 0 spiro atoms. The summed E-state index contributed by atoms with van der Waals surface area (Å²) in [4.78, 5) is 1.34. The Balaban J connectivity index is 1.92. The van der Waals surface area contributed by atoms with E-state index in [1.807, 2.05) is 0 Å². The number of anilines is 1. The van der Waals surface area contributed by atoms with Crippen molar-refractivity contribution in [3.63, 3.8) is 0 Å². The van der Waals surface area contributed by atoms with Crippen molar-refractivity contribution in [1.29, 1.82) is 0 Å². The summed E-state index contributed by atoms with van der Waals surface area (Å²) in [6.07, 6.45) is 2.39. The van der Waals surface area contributed by atoms with Gasteiger partial charge in [-0.15, -0.1) is 11.3 Å². The smallest absolute Gasteiger partial charge is 0.148 e. The van der Waals surface area contributed by atoms with Gasteiger partial charge in [0.05, 0.1) is 6.54 Å². The Bertz CT molecular complexity index is 445. The number of unbranched alkanes of at least 4 members (excludes halogenated alkanes) is 1. The Kier molecular flexibility index (Phi) is 4.20. The molecule has 0 bridgehead atoms. The van der Waals surface area contributed by atoms with E-state index in [1.54, 1.807) is 11.3 Å². The molecule has 0 unspecified atom stereocenters. The Morgan fingerprint density at radius 1 is 1.47 bits per heavy atom. The molecule has 2 rings (SSSR count). The van der Waals surface area contributed by atoms with E-state index in [0.29, 0.717) is 0 Å². The molecule has 0 aliphatic heterocycles. The van der Waals surface area contributed by atoms with E-state index in [1.165, 1.54) is 23.4 Å². The van der Waals surface area contributed by atoms with Gasteiger partial charge in [0.25, 0.3) is 0 Å². The zero-order chi connectivity index (χ0) is 12.1. The highest BCUT2D eigenvalue weighted by atomic mass is 32.1. The van der Waals surface area contributed by atoms with Crippen molar-refractivity contribution in [3.8, 4) is 0 Å². The maximum absolute atomic E-state index is 4.56. The van der Waals surface area contributed by atoms with Gasteiger partial charge in [0, 0.05) is 23.2 Å². The highest BCUT2D eigenvalue weighted by molar-refractivity contribution is 7.09. The molecule has 17 heavy (non-hydrogen) atoms. The van der Waals surface area contributed by atoms with Crippen LogP contribution in [0.15, 0.2) is 23.6 Å². The lowest BCUT2D eigenvalue weighted by molar-refractivity contribution is 0.560. The van der Waals surface area contributed by atoms with E-state index in [0.717, 1.165) is 18.9 Å². The number of nitrogens with zero attached hydrogens (tertiary/aromatic N) is 2. The number of nitrogens with one attached hydrogen (secondary N) is 1. The molecule has 0 amide bonds. The van der Waals surface area contributed by atoms with E-state index in [2.05, 4.69) is 52.5 Å². The molecule has 0 aliphatic carbocycles. The summed E-state index contributed by atoms with van der Waals surface area (Å²) in [6.45, 7) is 6.19. The maximum Gasteiger partial charge on any atom is 0.148 e. The van der Waals surface area contributed by atoms with E-state index >= 15 is 0 Å². The van der Waals surface area contributed by atoms with Crippen LogP contribution in [0.2, 0.25) is 0 Å². The molecule has 0 radical (unpaired) electrons. The highest BCUT2D eigenvalue weighted by Gasteiger charge is 2.03. The Labute approximate surface area is 106 Å². The summed E-state index contributed by atoms with van der Waals surface area (Å²) >= 11 is 1.77. The van der Waals surface area contributed by atoms with Crippen molar-refractivity contribution in [3.05, 3.63) is 34.2 Å². The molecule has 92 valence electrons. The van der Waals surface area contributed by atoms with Crippen LogP contribution in [0, 0.1) is 6.92 Å². The zero-order valence-corrected chi connectivity index (χ0v) is 11.3. The first-order chi connectivity index (χ1) is 8.29. The average Bonchev–Trinajstić information content (AvgIpc) is 2.93. The lowest BCUT2D eigenvalue weighted by Gasteiger charge is -2.02. The monoisotopic (exact) mass is 249 g/mol. The van der Waals surface area contributed by atoms with Gasteiger partial charge in [-0.1, -0.05) is 19.4 Å². The van der Waals surface area contributed by atoms with Gasteiger partial charge in [-0.3, -0.25) is 4.68 Å². The zero-order valence-electron chi connectivity index (χ0n) is 10.4. The minimum atomic E-state index is 0.863. The van der Waals surface area contributed by atoms with Gasteiger partial charge in [0.1, 0.15) is 5.82 Å². The third kappa shape index (κ3) is 3.33. The Hall–Kier alpha value is -1.29. The fraction of sp³-hybridized carbons (Fsp3) is 0.462. The van der Waals surface area contributed by atoms with E-state index in [9.17, 15) is 0 Å². The Morgan fingerprint density at radius 2 is 2.35 bits per heavy atom. The molecule has 3 nitrogen and oxygen atoms in total. The third-order valence-electron chi connectivity index (χ3n) is 2.73. The summed E-state index contributed by atoms with van der Waals surface area (Å²) in [5.41, 5.74) is 1.23. The van der Waals surface area contributed by atoms with Crippen LogP contribution in [0.4, 0.5) is 5.82 Å². The van der Waals surface area contributed by atoms with Crippen molar-refractivity contribution in [2.24, 2.45) is 0 Å². The van der Waals surface area contributed by atoms with Gasteiger partial charge in [-0.05, 0) is 24.8 Å². The minimum absolute atomic E-state index is 0.863. The molecular weight excluding hydrogens is 230 g/mol. The molecule has 0 saturated heterocycles. The molecular formula is C13H19N3S. The summed E-state index contributed by atoms with van der Waals surface area (Å²) < 4.78 is 2.08. The van der Waals surface area contributed by atoms with Crippen molar-refractivity contribution >= 4 is 17.2 Å². The fourth-order valence-electron chi connectivity index (χ4n) is 1.72. The van der Waals surface area contributed by atoms with Crippen LogP contribution in [0.5, 0.6) is 0 Å². The second kappa shape index (κ2) is 5.87. The standard InChI is InChI=1S/C13H19N3S/c1-3-4-7-16-11(2)9-13(15-16)14-10-12-6-5-8-17-12/h5-6,8-9H,3-4,7,10H2,1-2H3,(H,14,15). The van der Waals surface area contributed by atoms with Crippen LogP contribution in [-0.4, -0.2) is 9.78 Å². The first kappa shape index (κ1) is 12.2. The number of rotatable bonds is 6. The Morgan fingerprint density at radius 3 is 3.06 bits per heavy atom. The van der Waals surface area contributed by atoms with Crippen LogP contribution < -0.4 is 5.32 Å². The molecule has 0 saturated carbocycles. The van der Waals surface area contributed by atoms with Crippen molar-refractivity contribution in [1.82, 2.24) is 9.78 Å². The maximum atomic E-state index is 4.56. The highest BCUT2D eigenvalue weighted by Crippen LogP contribution is 2.13. The summed E-state index contributed by atoms with van der Waals surface area (Å²) in [5, 5.41) is 10.0. The molecule has 0 fully saturated rings. The van der Waals surface area contributed by atoms with Crippen molar-refractivity contribution in [2.75, 3.05) is 5.32 Å². The van der Waals surface area contributed by atoms with Crippen LogP contribution in [0.1, 0.15) is 30.3 Å². The molecule has 2 heterocycles. The van der Waals surface area contributed by atoms with Crippen LogP contribution >= 0.6 is 11.3 Å². The number of aromatic nitrogens is 2. The van der Waals surface area contributed by atoms with Crippen LogP contribution in [0.3, 0.4) is 0 Å². The summed E-state index contributed by atoms with van der Waals surface area (Å²) in [6, 6.07) is 6.33. The normalized spacial score (nSPS) is 10.7. The minimum Gasteiger partial charge on any atom is -0.364 e. The predicted octanol–water partition coefficient (Wildman–Crippen LogP) is 3.67. The van der Waals surface area contributed by atoms with Gasteiger partial charge in [-0.2, -0.15) is 5.10 Å². The lowest BCUT2D eigenvalue weighted by Crippen LogP contribution is -2.03. The molecule has 2 aromatic heterocycles. The molecule has 1 N–H and O–H groups in total. The summed E-state index contributed by atoms with van der Waals surface area (Å²) in [7, 11) is 0. The molecule has 0 aromatic carbocycles. The van der Waals surface area contributed by atoms with Gasteiger partial charge >= 0.3 is 0 Å². The number of hydrogen-bond donors (Lipinski definition) is 1. The molecule has 2 aromatic rings. The fourth-order valence-corrected chi connectivity index (χ4v) is 2.37. The second-order valence-electron chi connectivity index (χ2n) is 4.18. The lowest BCUT2D eigenvalue weighted by atomic mass is 10.3. The van der Waals surface area contributed by atoms with Gasteiger partial charge < -0.3 is 5.32 Å². The topological polar surface area (TPSA) is 29.9 Å². The van der Waals surface area contributed by atoms with E-state index < -0.39 is 0 Å². The number of thiophene rings is 1. The second-order valence-corrected chi connectivity index (χ2v) is 5.21. The molecule has 4 heteroatoms. The summed E-state index contributed by atoms with van der Waals surface area (Å²) in [5.74, 6) is 0.979. The van der Waals surface area contributed by atoms with Crippen molar-refractivity contribution in [2.45, 2.75) is 39.8 Å². The quantitative estimate of drug-likeness (QED) is 0.846.